The monoisotopic (exact) mass is 243 g/mol. The van der Waals surface area contributed by atoms with E-state index in [2.05, 4.69) is 42.5 Å². The van der Waals surface area contributed by atoms with Gasteiger partial charge in [-0.2, -0.15) is 0 Å². The molecule has 0 aliphatic rings. The number of fused-ring (bicyclic) bond motifs is 1. The Hall–Kier alpha value is -1.38. The van der Waals surface area contributed by atoms with E-state index in [1.54, 1.807) is 0 Å². The van der Waals surface area contributed by atoms with Crippen molar-refractivity contribution in [2.75, 3.05) is 6.61 Å². The van der Waals surface area contributed by atoms with E-state index in [9.17, 15) is 0 Å². The van der Waals surface area contributed by atoms with Crippen LogP contribution in [0.3, 0.4) is 0 Å². The molecule has 0 saturated heterocycles. The average molecular weight is 243 g/mol. The maximum Gasteiger partial charge on any atom is 0.0624 e. The van der Waals surface area contributed by atoms with Crippen molar-refractivity contribution in [3.05, 3.63) is 48.0 Å². The Morgan fingerprint density at radius 2 is 1.78 bits per heavy atom. The van der Waals surface area contributed by atoms with Gasteiger partial charge in [-0.3, -0.25) is 0 Å². The van der Waals surface area contributed by atoms with Gasteiger partial charge in [-0.25, -0.2) is 0 Å². The summed E-state index contributed by atoms with van der Waals surface area (Å²) < 4.78 is 5.54. The minimum Gasteiger partial charge on any atom is -0.377 e. The van der Waals surface area contributed by atoms with Crippen LogP contribution >= 0.6 is 0 Å². The smallest absolute Gasteiger partial charge is 0.0624 e. The number of ether oxygens (including phenoxy) is 1. The predicted octanol–water partition coefficient (Wildman–Crippen LogP) is 3.13. The fourth-order valence-electron chi connectivity index (χ4n) is 2.04. The Labute approximate surface area is 109 Å². The first-order valence-electron chi connectivity index (χ1n) is 6.50. The molecular formula is C16H21NO. The molecule has 2 N–H and O–H groups in total. The Balaban J connectivity index is 2.03. The molecule has 0 aromatic heterocycles. The maximum absolute atomic E-state index is 6.07. The van der Waals surface area contributed by atoms with Gasteiger partial charge in [0.15, 0.2) is 0 Å². The van der Waals surface area contributed by atoms with Gasteiger partial charge in [0.1, 0.15) is 0 Å². The third-order valence-electron chi connectivity index (χ3n) is 2.96. The van der Waals surface area contributed by atoms with Crippen LogP contribution in [0.1, 0.15) is 19.4 Å². The highest BCUT2D eigenvalue weighted by Crippen LogP contribution is 2.16. The van der Waals surface area contributed by atoms with Gasteiger partial charge in [0, 0.05) is 6.04 Å². The lowest BCUT2D eigenvalue weighted by Crippen LogP contribution is -2.30. The van der Waals surface area contributed by atoms with Gasteiger partial charge >= 0.3 is 0 Å². The van der Waals surface area contributed by atoms with Gasteiger partial charge in [-0.1, -0.05) is 42.5 Å². The second-order valence-corrected chi connectivity index (χ2v) is 5.03. The summed E-state index contributed by atoms with van der Waals surface area (Å²) in [5, 5.41) is 2.54. The molecule has 0 radical (unpaired) electrons. The van der Waals surface area contributed by atoms with Crippen LogP contribution in [0.15, 0.2) is 42.5 Å². The van der Waals surface area contributed by atoms with Gasteiger partial charge in [0.2, 0.25) is 0 Å². The van der Waals surface area contributed by atoms with E-state index in [0.29, 0.717) is 6.61 Å². The van der Waals surface area contributed by atoms with Crippen molar-refractivity contribution in [3.8, 4) is 0 Å². The molecule has 0 amide bonds. The fourth-order valence-corrected chi connectivity index (χ4v) is 2.04. The number of nitrogens with two attached hydrogens (primary N) is 1. The normalized spacial score (nSPS) is 13.1. The summed E-state index contributed by atoms with van der Waals surface area (Å²) in [5.74, 6) is 0. The summed E-state index contributed by atoms with van der Waals surface area (Å²) in [6.07, 6.45) is 1.10. The standard InChI is InChI=1S/C16H21NO/c1-12(2)18-11-16(17)10-13-7-8-14-5-3-4-6-15(14)9-13/h3-9,12,16H,10-11,17H2,1-2H3. The number of hydrogen-bond acceptors (Lipinski definition) is 2. The molecule has 2 heteroatoms. The molecule has 2 aromatic rings. The Bertz CT molecular complexity index is 507. The van der Waals surface area contributed by atoms with Crippen LogP contribution in [0.5, 0.6) is 0 Å². The first-order chi connectivity index (χ1) is 8.65. The third-order valence-corrected chi connectivity index (χ3v) is 2.96. The second-order valence-electron chi connectivity index (χ2n) is 5.03. The van der Waals surface area contributed by atoms with E-state index < -0.39 is 0 Å². The largest absolute Gasteiger partial charge is 0.377 e. The summed E-state index contributed by atoms with van der Waals surface area (Å²) in [4.78, 5) is 0. The second kappa shape index (κ2) is 5.98. The highest BCUT2D eigenvalue weighted by Gasteiger charge is 2.06. The molecule has 96 valence electrons. The molecular weight excluding hydrogens is 222 g/mol. The van der Waals surface area contributed by atoms with Gasteiger partial charge in [0.05, 0.1) is 12.7 Å². The van der Waals surface area contributed by atoms with Crippen molar-refractivity contribution in [2.45, 2.75) is 32.4 Å². The molecule has 1 unspecified atom stereocenters. The Morgan fingerprint density at radius 3 is 2.50 bits per heavy atom. The predicted molar refractivity (Wildman–Crippen MR) is 76.7 cm³/mol. The molecule has 18 heavy (non-hydrogen) atoms. The quantitative estimate of drug-likeness (QED) is 0.875. The first-order valence-corrected chi connectivity index (χ1v) is 6.50. The van der Waals surface area contributed by atoms with Crippen LogP contribution in [-0.2, 0) is 11.2 Å². The molecule has 0 fully saturated rings. The van der Waals surface area contributed by atoms with Gasteiger partial charge in [-0.15, -0.1) is 0 Å². The Kier molecular flexibility index (Phi) is 4.34. The minimum absolute atomic E-state index is 0.0635. The Morgan fingerprint density at radius 1 is 1.06 bits per heavy atom. The summed E-state index contributed by atoms with van der Waals surface area (Å²) in [5.41, 5.74) is 7.34. The molecule has 0 heterocycles. The van der Waals surface area contributed by atoms with Crippen molar-refractivity contribution in [2.24, 2.45) is 5.73 Å². The van der Waals surface area contributed by atoms with Crippen LogP contribution in [0.25, 0.3) is 10.8 Å². The van der Waals surface area contributed by atoms with Crippen LogP contribution in [0, 0.1) is 0 Å². The lowest BCUT2D eigenvalue weighted by Gasteiger charge is -2.14. The molecule has 1 atom stereocenters. The zero-order valence-corrected chi connectivity index (χ0v) is 11.1. The van der Waals surface area contributed by atoms with Crippen LogP contribution in [0.2, 0.25) is 0 Å². The minimum atomic E-state index is 0.0635. The molecule has 2 aromatic carbocycles. The summed E-state index contributed by atoms with van der Waals surface area (Å²) in [6, 6.07) is 15.0. The first kappa shape index (κ1) is 13.1. The fraction of sp³-hybridized carbons (Fsp3) is 0.375. The van der Waals surface area contributed by atoms with Gasteiger partial charge < -0.3 is 10.5 Å². The SMILES string of the molecule is CC(C)OCC(N)Cc1ccc2ccccc2c1. The van der Waals surface area contributed by atoms with Crippen molar-refractivity contribution < 1.29 is 4.74 Å². The lowest BCUT2D eigenvalue weighted by molar-refractivity contribution is 0.0684. The van der Waals surface area contributed by atoms with Crippen LogP contribution < -0.4 is 5.73 Å². The van der Waals surface area contributed by atoms with E-state index in [1.807, 2.05) is 13.8 Å². The van der Waals surface area contributed by atoms with E-state index in [-0.39, 0.29) is 12.1 Å². The van der Waals surface area contributed by atoms with Crippen molar-refractivity contribution >= 4 is 10.8 Å². The molecule has 2 rings (SSSR count). The van der Waals surface area contributed by atoms with E-state index >= 15 is 0 Å². The zero-order chi connectivity index (χ0) is 13.0. The van der Waals surface area contributed by atoms with Gasteiger partial charge in [0.25, 0.3) is 0 Å². The number of benzene rings is 2. The third kappa shape index (κ3) is 3.56. The van der Waals surface area contributed by atoms with E-state index in [4.69, 9.17) is 10.5 Å². The highest BCUT2D eigenvalue weighted by atomic mass is 16.5. The van der Waals surface area contributed by atoms with Crippen molar-refractivity contribution in [1.29, 1.82) is 0 Å². The molecule has 0 aliphatic heterocycles. The summed E-state index contributed by atoms with van der Waals surface area (Å²) in [7, 11) is 0. The number of hydrogen-bond donors (Lipinski definition) is 1. The molecule has 2 nitrogen and oxygen atoms in total. The molecule has 0 bridgehead atoms. The number of rotatable bonds is 5. The maximum atomic E-state index is 6.07. The zero-order valence-electron chi connectivity index (χ0n) is 11.1. The van der Waals surface area contributed by atoms with E-state index in [0.717, 1.165) is 6.42 Å². The van der Waals surface area contributed by atoms with Crippen LogP contribution in [0.4, 0.5) is 0 Å². The lowest BCUT2D eigenvalue weighted by atomic mass is 10.0. The average Bonchev–Trinajstić information content (AvgIpc) is 2.36. The molecule has 0 saturated carbocycles. The molecule has 0 spiro atoms. The van der Waals surface area contributed by atoms with Crippen molar-refractivity contribution in [1.82, 2.24) is 0 Å². The highest BCUT2D eigenvalue weighted by molar-refractivity contribution is 5.82. The topological polar surface area (TPSA) is 35.2 Å². The summed E-state index contributed by atoms with van der Waals surface area (Å²) in [6.45, 7) is 4.68. The van der Waals surface area contributed by atoms with Crippen molar-refractivity contribution in [3.63, 3.8) is 0 Å². The summed E-state index contributed by atoms with van der Waals surface area (Å²) >= 11 is 0. The molecule has 0 aliphatic carbocycles. The van der Waals surface area contributed by atoms with Crippen LogP contribution in [-0.4, -0.2) is 18.8 Å². The van der Waals surface area contributed by atoms with E-state index in [1.165, 1.54) is 16.3 Å². The van der Waals surface area contributed by atoms with Gasteiger partial charge in [-0.05, 0) is 36.6 Å².